The number of rotatable bonds is 3. The fraction of sp³-hybridized carbons (Fsp3) is 0.167. The lowest BCUT2D eigenvalue weighted by Crippen LogP contribution is -1.97. The Morgan fingerprint density at radius 3 is 2.82 bits per heavy atom. The summed E-state index contributed by atoms with van der Waals surface area (Å²) in [7, 11) is 3.33. The summed E-state index contributed by atoms with van der Waals surface area (Å²) in [6.07, 6.45) is 3.34. The molecule has 0 saturated carbocycles. The van der Waals surface area contributed by atoms with E-state index in [0.717, 1.165) is 10.9 Å². The summed E-state index contributed by atoms with van der Waals surface area (Å²) in [4.78, 5) is 10.6. The van der Waals surface area contributed by atoms with E-state index in [2.05, 4.69) is 6.58 Å². The third kappa shape index (κ3) is 1.56. The SMILES string of the molecule is C=Cc1c([N+](=O)[O-])cc(OC)c2ccn(C)c12. The van der Waals surface area contributed by atoms with Crippen molar-refractivity contribution in [2.24, 2.45) is 7.05 Å². The van der Waals surface area contributed by atoms with Gasteiger partial charge in [-0.05, 0) is 6.07 Å². The Labute approximate surface area is 98.1 Å². The summed E-state index contributed by atoms with van der Waals surface area (Å²) < 4.78 is 7.00. The second-order valence-corrected chi connectivity index (χ2v) is 3.66. The van der Waals surface area contributed by atoms with Gasteiger partial charge in [0.25, 0.3) is 5.69 Å². The average Bonchev–Trinajstić information content (AvgIpc) is 2.69. The van der Waals surface area contributed by atoms with Crippen LogP contribution in [0.1, 0.15) is 5.56 Å². The third-order valence-electron chi connectivity index (χ3n) is 2.76. The molecule has 1 heterocycles. The van der Waals surface area contributed by atoms with Gasteiger partial charge in [-0.2, -0.15) is 0 Å². The maximum Gasteiger partial charge on any atom is 0.282 e. The quantitative estimate of drug-likeness (QED) is 0.604. The van der Waals surface area contributed by atoms with Crippen LogP contribution < -0.4 is 4.74 Å². The van der Waals surface area contributed by atoms with Crippen molar-refractivity contribution in [2.75, 3.05) is 7.11 Å². The largest absolute Gasteiger partial charge is 0.496 e. The lowest BCUT2D eigenvalue weighted by Gasteiger charge is -2.07. The van der Waals surface area contributed by atoms with E-state index in [0.29, 0.717) is 11.3 Å². The zero-order valence-corrected chi connectivity index (χ0v) is 9.64. The Kier molecular flexibility index (Phi) is 2.59. The van der Waals surface area contributed by atoms with Crippen LogP contribution in [0.15, 0.2) is 24.9 Å². The molecule has 0 fully saturated rings. The number of nitro groups is 1. The molecular formula is C12H12N2O3. The number of nitrogens with zero attached hydrogens (tertiary/aromatic N) is 2. The molecule has 0 N–H and O–H groups in total. The van der Waals surface area contributed by atoms with E-state index < -0.39 is 4.92 Å². The standard InChI is InChI=1S/C12H12N2O3/c1-4-8-10(14(15)16)7-11(17-3)9-5-6-13(2)12(8)9/h4-7H,1H2,2-3H3. The Balaban J connectivity index is 2.97. The molecule has 88 valence electrons. The minimum Gasteiger partial charge on any atom is -0.496 e. The van der Waals surface area contributed by atoms with Crippen molar-refractivity contribution in [3.63, 3.8) is 0 Å². The van der Waals surface area contributed by atoms with Gasteiger partial charge in [-0.15, -0.1) is 0 Å². The number of hydrogen-bond acceptors (Lipinski definition) is 3. The number of nitro benzene ring substituents is 1. The van der Waals surface area contributed by atoms with Gasteiger partial charge in [-0.25, -0.2) is 0 Å². The lowest BCUT2D eigenvalue weighted by atomic mass is 10.1. The Bertz CT molecular complexity index is 614. The first kappa shape index (κ1) is 11.2. The van der Waals surface area contributed by atoms with E-state index in [9.17, 15) is 10.1 Å². The number of aromatic nitrogens is 1. The zero-order valence-electron chi connectivity index (χ0n) is 9.64. The highest BCUT2D eigenvalue weighted by Gasteiger charge is 2.20. The molecule has 17 heavy (non-hydrogen) atoms. The molecule has 2 aromatic rings. The van der Waals surface area contributed by atoms with Crippen molar-refractivity contribution in [1.29, 1.82) is 0 Å². The predicted octanol–water partition coefficient (Wildman–Crippen LogP) is 2.74. The van der Waals surface area contributed by atoms with Crippen LogP contribution in [0, 0.1) is 10.1 Å². The molecule has 1 aromatic heterocycles. The molecule has 0 bridgehead atoms. The molecule has 0 saturated heterocycles. The van der Waals surface area contributed by atoms with E-state index in [1.54, 1.807) is 0 Å². The van der Waals surface area contributed by atoms with Gasteiger partial charge in [-0.3, -0.25) is 10.1 Å². The van der Waals surface area contributed by atoms with E-state index >= 15 is 0 Å². The highest BCUT2D eigenvalue weighted by atomic mass is 16.6. The van der Waals surface area contributed by atoms with Gasteiger partial charge in [0.05, 0.1) is 29.2 Å². The van der Waals surface area contributed by atoms with Gasteiger partial charge in [-0.1, -0.05) is 12.7 Å². The first-order chi connectivity index (χ1) is 8.10. The molecule has 5 heteroatoms. The third-order valence-corrected chi connectivity index (χ3v) is 2.76. The van der Waals surface area contributed by atoms with Crippen LogP contribution in [0.5, 0.6) is 5.75 Å². The average molecular weight is 232 g/mol. The van der Waals surface area contributed by atoms with Crippen molar-refractivity contribution < 1.29 is 9.66 Å². The van der Waals surface area contributed by atoms with E-state index in [1.165, 1.54) is 19.3 Å². The summed E-state index contributed by atoms with van der Waals surface area (Å²) in [5.74, 6) is 0.498. The van der Waals surface area contributed by atoms with Gasteiger partial charge in [0.1, 0.15) is 5.75 Å². The molecule has 1 aromatic carbocycles. The number of ether oxygens (including phenoxy) is 1. The van der Waals surface area contributed by atoms with Crippen molar-refractivity contribution in [1.82, 2.24) is 4.57 Å². The molecule has 0 amide bonds. The minimum absolute atomic E-state index is 0.00569. The van der Waals surface area contributed by atoms with Crippen molar-refractivity contribution >= 4 is 22.7 Å². The van der Waals surface area contributed by atoms with Crippen LogP contribution in [0.25, 0.3) is 17.0 Å². The molecular weight excluding hydrogens is 220 g/mol. The van der Waals surface area contributed by atoms with Gasteiger partial charge in [0, 0.05) is 18.6 Å². The van der Waals surface area contributed by atoms with E-state index in [-0.39, 0.29) is 5.69 Å². The summed E-state index contributed by atoms with van der Waals surface area (Å²) in [6.45, 7) is 3.64. The molecule has 0 spiro atoms. The summed E-state index contributed by atoms with van der Waals surface area (Å²) >= 11 is 0. The van der Waals surface area contributed by atoms with Crippen molar-refractivity contribution in [3.05, 3.63) is 40.6 Å². The first-order valence-corrected chi connectivity index (χ1v) is 5.03. The second-order valence-electron chi connectivity index (χ2n) is 3.66. The summed E-state index contributed by atoms with van der Waals surface area (Å²) in [6, 6.07) is 3.30. The van der Waals surface area contributed by atoms with Crippen LogP contribution in [-0.4, -0.2) is 16.6 Å². The maximum absolute atomic E-state index is 11.0. The summed E-state index contributed by atoms with van der Waals surface area (Å²) in [5, 5.41) is 11.9. The maximum atomic E-state index is 11.0. The molecule has 0 aliphatic carbocycles. The molecule has 0 unspecified atom stereocenters. The van der Waals surface area contributed by atoms with Crippen LogP contribution in [0.4, 0.5) is 5.69 Å². The van der Waals surface area contributed by atoms with Gasteiger partial charge in [0.2, 0.25) is 0 Å². The van der Waals surface area contributed by atoms with Crippen LogP contribution in [0.2, 0.25) is 0 Å². The Morgan fingerprint density at radius 1 is 1.59 bits per heavy atom. The molecule has 2 rings (SSSR count). The molecule has 0 radical (unpaired) electrons. The van der Waals surface area contributed by atoms with Gasteiger partial charge < -0.3 is 9.30 Å². The van der Waals surface area contributed by atoms with Gasteiger partial charge in [0.15, 0.2) is 0 Å². The number of hydrogen-bond donors (Lipinski definition) is 0. The monoisotopic (exact) mass is 232 g/mol. The topological polar surface area (TPSA) is 57.3 Å². The van der Waals surface area contributed by atoms with Crippen molar-refractivity contribution in [2.45, 2.75) is 0 Å². The second kappa shape index (κ2) is 3.93. The van der Waals surface area contributed by atoms with Crippen molar-refractivity contribution in [3.8, 4) is 5.75 Å². The summed E-state index contributed by atoms with van der Waals surface area (Å²) in [5.41, 5.74) is 1.27. The Morgan fingerprint density at radius 2 is 2.29 bits per heavy atom. The highest BCUT2D eigenvalue weighted by Crippen LogP contribution is 2.36. The zero-order chi connectivity index (χ0) is 12.6. The molecule has 0 aliphatic heterocycles. The van der Waals surface area contributed by atoms with E-state index in [1.807, 2.05) is 23.9 Å². The predicted molar refractivity (Wildman–Crippen MR) is 66.2 cm³/mol. The smallest absolute Gasteiger partial charge is 0.282 e. The van der Waals surface area contributed by atoms with E-state index in [4.69, 9.17) is 4.74 Å². The number of benzene rings is 1. The fourth-order valence-electron chi connectivity index (χ4n) is 1.99. The molecule has 0 aliphatic rings. The highest BCUT2D eigenvalue weighted by molar-refractivity contribution is 5.96. The first-order valence-electron chi connectivity index (χ1n) is 5.03. The van der Waals surface area contributed by atoms with Crippen LogP contribution in [-0.2, 0) is 7.05 Å². The number of methoxy groups -OCH3 is 1. The fourth-order valence-corrected chi connectivity index (χ4v) is 1.99. The Hall–Kier alpha value is -2.30. The molecule has 5 nitrogen and oxygen atoms in total. The number of fused-ring (bicyclic) bond motifs is 1. The minimum atomic E-state index is -0.425. The molecule has 0 atom stereocenters. The van der Waals surface area contributed by atoms with Crippen LogP contribution in [0.3, 0.4) is 0 Å². The number of aryl methyl sites for hydroxylation is 1. The van der Waals surface area contributed by atoms with Crippen LogP contribution >= 0.6 is 0 Å². The van der Waals surface area contributed by atoms with Gasteiger partial charge >= 0.3 is 0 Å². The normalized spacial score (nSPS) is 10.5. The lowest BCUT2D eigenvalue weighted by molar-refractivity contribution is -0.385.